The van der Waals surface area contributed by atoms with Crippen molar-refractivity contribution in [3.05, 3.63) is 53.7 Å². The van der Waals surface area contributed by atoms with Gasteiger partial charge >= 0.3 is 0 Å². The maximum atomic E-state index is 5.91. The summed E-state index contributed by atoms with van der Waals surface area (Å²) in [6.45, 7) is 5.40. The van der Waals surface area contributed by atoms with E-state index in [0.29, 0.717) is 6.61 Å². The zero-order valence-electron chi connectivity index (χ0n) is 14.5. The van der Waals surface area contributed by atoms with Crippen LogP contribution in [0.4, 0.5) is 0 Å². The molecule has 1 N–H and O–H groups in total. The SMILES string of the molecule is CCCc1nc(C2CN(Cc3cccc4cccnc34)CCO2)n[nH]1. The fraction of sp³-hybridized carbons (Fsp3) is 0.421. The van der Waals surface area contributed by atoms with Gasteiger partial charge < -0.3 is 4.74 Å². The molecule has 1 fully saturated rings. The number of aryl methyl sites for hydroxylation is 1. The highest BCUT2D eigenvalue weighted by Crippen LogP contribution is 2.23. The molecule has 0 bridgehead atoms. The van der Waals surface area contributed by atoms with Crippen molar-refractivity contribution in [1.82, 2.24) is 25.1 Å². The summed E-state index contributed by atoms with van der Waals surface area (Å²) in [6, 6.07) is 10.5. The van der Waals surface area contributed by atoms with E-state index >= 15 is 0 Å². The third kappa shape index (κ3) is 3.55. The van der Waals surface area contributed by atoms with E-state index < -0.39 is 0 Å². The Morgan fingerprint density at radius 3 is 3.12 bits per heavy atom. The van der Waals surface area contributed by atoms with Crippen molar-refractivity contribution >= 4 is 10.9 Å². The molecular weight excluding hydrogens is 314 g/mol. The molecule has 130 valence electrons. The summed E-state index contributed by atoms with van der Waals surface area (Å²) in [7, 11) is 0. The summed E-state index contributed by atoms with van der Waals surface area (Å²) >= 11 is 0. The second-order valence-electron chi connectivity index (χ2n) is 6.48. The molecule has 0 amide bonds. The van der Waals surface area contributed by atoms with Crippen LogP contribution in [0, 0.1) is 0 Å². The van der Waals surface area contributed by atoms with Gasteiger partial charge in [0.1, 0.15) is 11.9 Å². The molecule has 0 saturated carbocycles. The van der Waals surface area contributed by atoms with Crippen LogP contribution in [0.2, 0.25) is 0 Å². The van der Waals surface area contributed by atoms with Gasteiger partial charge in [-0.2, -0.15) is 5.10 Å². The predicted molar refractivity (Wildman–Crippen MR) is 96.1 cm³/mol. The largest absolute Gasteiger partial charge is 0.367 e. The van der Waals surface area contributed by atoms with E-state index in [1.54, 1.807) is 0 Å². The minimum absolute atomic E-state index is 0.0708. The van der Waals surface area contributed by atoms with E-state index in [2.05, 4.69) is 56.3 Å². The van der Waals surface area contributed by atoms with Gasteiger partial charge in [-0.05, 0) is 18.1 Å². The molecule has 4 rings (SSSR count). The molecule has 1 aliphatic heterocycles. The first-order chi connectivity index (χ1) is 12.3. The quantitative estimate of drug-likeness (QED) is 0.775. The lowest BCUT2D eigenvalue weighted by molar-refractivity contribution is -0.0369. The first kappa shape index (κ1) is 16.2. The van der Waals surface area contributed by atoms with E-state index in [0.717, 1.165) is 49.6 Å². The summed E-state index contributed by atoms with van der Waals surface area (Å²) in [6.07, 6.45) is 3.76. The Morgan fingerprint density at radius 2 is 2.20 bits per heavy atom. The summed E-state index contributed by atoms with van der Waals surface area (Å²) in [5.74, 6) is 1.71. The molecule has 3 heterocycles. The smallest absolute Gasteiger partial charge is 0.180 e. The topological polar surface area (TPSA) is 66.9 Å². The molecule has 1 aromatic carbocycles. The molecule has 25 heavy (non-hydrogen) atoms. The van der Waals surface area contributed by atoms with Crippen molar-refractivity contribution < 1.29 is 4.74 Å². The van der Waals surface area contributed by atoms with Crippen LogP contribution in [0.3, 0.4) is 0 Å². The Labute approximate surface area is 147 Å². The van der Waals surface area contributed by atoms with Crippen LogP contribution >= 0.6 is 0 Å². The number of fused-ring (bicyclic) bond motifs is 1. The number of hydrogen-bond acceptors (Lipinski definition) is 5. The van der Waals surface area contributed by atoms with Gasteiger partial charge in [0.05, 0.1) is 12.1 Å². The molecule has 1 aliphatic rings. The second kappa shape index (κ2) is 7.29. The third-order valence-electron chi connectivity index (χ3n) is 4.58. The van der Waals surface area contributed by atoms with E-state index in [4.69, 9.17) is 4.74 Å². The van der Waals surface area contributed by atoms with E-state index in [9.17, 15) is 0 Å². The van der Waals surface area contributed by atoms with Crippen molar-refractivity contribution in [2.24, 2.45) is 0 Å². The molecule has 0 spiro atoms. The summed E-state index contributed by atoms with van der Waals surface area (Å²) in [5.41, 5.74) is 2.33. The summed E-state index contributed by atoms with van der Waals surface area (Å²) in [4.78, 5) is 11.5. The number of morpholine rings is 1. The Morgan fingerprint density at radius 1 is 1.28 bits per heavy atom. The molecule has 1 unspecified atom stereocenters. The number of pyridine rings is 1. The molecule has 0 radical (unpaired) electrons. The Hall–Kier alpha value is -2.31. The van der Waals surface area contributed by atoms with E-state index in [1.165, 1.54) is 10.9 Å². The third-order valence-corrected chi connectivity index (χ3v) is 4.58. The lowest BCUT2D eigenvalue weighted by atomic mass is 10.1. The Balaban J connectivity index is 1.49. The van der Waals surface area contributed by atoms with Crippen LogP contribution in [0.15, 0.2) is 36.5 Å². The lowest BCUT2D eigenvalue weighted by Gasteiger charge is -2.31. The molecule has 3 aromatic rings. The number of benzene rings is 1. The van der Waals surface area contributed by atoms with Crippen LogP contribution in [0.5, 0.6) is 0 Å². The standard InChI is InChI=1S/C19H23N5O/c1-2-5-17-21-19(23-22-17)16-13-24(10-11-25-16)12-15-7-3-6-14-8-4-9-20-18(14)15/h3-4,6-9,16H,2,5,10-13H2,1H3,(H,21,22,23). The summed E-state index contributed by atoms with van der Waals surface area (Å²) in [5, 5.41) is 8.56. The van der Waals surface area contributed by atoms with Gasteiger partial charge in [-0.1, -0.05) is 31.2 Å². The van der Waals surface area contributed by atoms with Gasteiger partial charge in [-0.15, -0.1) is 0 Å². The van der Waals surface area contributed by atoms with Crippen LogP contribution in [0.25, 0.3) is 10.9 Å². The Bertz CT molecular complexity index is 841. The number of para-hydroxylation sites is 1. The van der Waals surface area contributed by atoms with Crippen LogP contribution in [-0.2, 0) is 17.7 Å². The van der Waals surface area contributed by atoms with Crippen molar-refractivity contribution in [1.29, 1.82) is 0 Å². The minimum atomic E-state index is -0.0708. The number of aromatic amines is 1. The lowest BCUT2D eigenvalue weighted by Crippen LogP contribution is -2.38. The molecular formula is C19H23N5O. The molecule has 1 saturated heterocycles. The highest BCUT2D eigenvalue weighted by Gasteiger charge is 2.25. The molecule has 6 nitrogen and oxygen atoms in total. The Kier molecular flexibility index (Phi) is 4.72. The zero-order chi connectivity index (χ0) is 17.1. The molecule has 0 aliphatic carbocycles. The normalized spacial score (nSPS) is 18.7. The number of nitrogens with one attached hydrogen (secondary N) is 1. The monoisotopic (exact) mass is 337 g/mol. The number of H-pyrrole nitrogens is 1. The van der Waals surface area contributed by atoms with Gasteiger partial charge in [-0.3, -0.25) is 15.0 Å². The van der Waals surface area contributed by atoms with Gasteiger partial charge in [0.25, 0.3) is 0 Å². The summed E-state index contributed by atoms with van der Waals surface area (Å²) < 4.78 is 5.91. The predicted octanol–water partition coefficient (Wildman–Crippen LogP) is 2.88. The highest BCUT2D eigenvalue weighted by atomic mass is 16.5. The number of nitrogens with zero attached hydrogens (tertiary/aromatic N) is 4. The van der Waals surface area contributed by atoms with Gasteiger partial charge in [0, 0.05) is 37.6 Å². The molecule has 1 atom stereocenters. The maximum Gasteiger partial charge on any atom is 0.180 e. The van der Waals surface area contributed by atoms with Crippen LogP contribution < -0.4 is 0 Å². The van der Waals surface area contributed by atoms with E-state index in [1.807, 2.05) is 12.3 Å². The second-order valence-corrected chi connectivity index (χ2v) is 6.48. The fourth-order valence-electron chi connectivity index (χ4n) is 3.34. The number of ether oxygens (including phenoxy) is 1. The first-order valence-corrected chi connectivity index (χ1v) is 8.91. The number of aromatic nitrogens is 4. The zero-order valence-corrected chi connectivity index (χ0v) is 14.5. The molecule has 2 aromatic heterocycles. The average Bonchev–Trinajstić information content (AvgIpc) is 3.11. The molecule has 6 heteroatoms. The average molecular weight is 337 g/mol. The highest BCUT2D eigenvalue weighted by molar-refractivity contribution is 5.81. The van der Waals surface area contributed by atoms with Crippen molar-refractivity contribution in [3.8, 4) is 0 Å². The van der Waals surface area contributed by atoms with Crippen LogP contribution in [-0.4, -0.2) is 44.8 Å². The van der Waals surface area contributed by atoms with Crippen LogP contribution in [0.1, 0.15) is 36.7 Å². The van der Waals surface area contributed by atoms with Gasteiger partial charge in [0.2, 0.25) is 0 Å². The minimum Gasteiger partial charge on any atom is -0.367 e. The van der Waals surface area contributed by atoms with Crippen molar-refractivity contribution in [3.63, 3.8) is 0 Å². The van der Waals surface area contributed by atoms with Crippen molar-refractivity contribution in [2.75, 3.05) is 19.7 Å². The van der Waals surface area contributed by atoms with Gasteiger partial charge in [0.15, 0.2) is 5.82 Å². The maximum absolute atomic E-state index is 5.91. The fourth-order valence-corrected chi connectivity index (χ4v) is 3.34. The number of hydrogen-bond donors (Lipinski definition) is 1. The number of rotatable bonds is 5. The van der Waals surface area contributed by atoms with E-state index in [-0.39, 0.29) is 6.10 Å². The van der Waals surface area contributed by atoms with Crippen molar-refractivity contribution in [2.45, 2.75) is 32.4 Å². The first-order valence-electron chi connectivity index (χ1n) is 8.91. The van der Waals surface area contributed by atoms with Gasteiger partial charge in [-0.25, -0.2) is 4.98 Å².